The van der Waals surface area contributed by atoms with E-state index < -0.39 is 4.92 Å². The predicted octanol–water partition coefficient (Wildman–Crippen LogP) is 2.27. The van der Waals surface area contributed by atoms with Crippen LogP contribution in [0.25, 0.3) is 0 Å². The summed E-state index contributed by atoms with van der Waals surface area (Å²) in [4.78, 5) is 34.5. The van der Waals surface area contributed by atoms with E-state index in [4.69, 9.17) is 11.6 Å². The molecule has 7 nitrogen and oxygen atoms in total. The average Bonchev–Trinajstić information content (AvgIpc) is 2.45. The lowest BCUT2D eigenvalue weighted by Crippen LogP contribution is -2.28. The maximum Gasteiger partial charge on any atom is 0.305 e. The third-order valence-corrected chi connectivity index (χ3v) is 3.14. The van der Waals surface area contributed by atoms with Gasteiger partial charge in [0.2, 0.25) is 0 Å². The van der Waals surface area contributed by atoms with Gasteiger partial charge in [-0.05, 0) is 18.6 Å². The van der Waals surface area contributed by atoms with Crippen molar-refractivity contribution in [3.63, 3.8) is 0 Å². The Labute approximate surface area is 126 Å². The van der Waals surface area contributed by atoms with Gasteiger partial charge >= 0.3 is 5.97 Å². The summed E-state index contributed by atoms with van der Waals surface area (Å²) < 4.78 is 4.50. The van der Waals surface area contributed by atoms with Crippen LogP contribution in [0.3, 0.4) is 0 Å². The standard InChI is InChI=1S/C13H15ClN2O5/c1-15(7-3-4-12(17)21-2)13(18)9-5-6-11(16(19)20)10(14)8-9/h5-6,8H,3-4,7H2,1-2H3. The normalized spacial score (nSPS) is 10.0. The SMILES string of the molecule is COC(=O)CCCN(C)C(=O)c1ccc([N+](=O)[O-])c(Cl)c1. The molecule has 0 aliphatic heterocycles. The first-order valence-electron chi connectivity index (χ1n) is 6.13. The molecule has 0 aliphatic rings. The highest BCUT2D eigenvalue weighted by molar-refractivity contribution is 6.33. The molecule has 0 bridgehead atoms. The van der Waals surface area contributed by atoms with E-state index in [-0.39, 0.29) is 34.6 Å². The van der Waals surface area contributed by atoms with E-state index in [1.807, 2.05) is 0 Å². The number of halogens is 1. The molecule has 0 saturated heterocycles. The number of benzene rings is 1. The number of nitrogens with zero attached hydrogens (tertiary/aromatic N) is 2. The van der Waals surface area contributed by atoms with Gasteiger partial charge in [0.1, 0.15) is 5.02 Å². The fraction of sp³-hybridized carbons (Fsp3) is 0.385. The van der Waals surface area contributed by atoms with Crippen molar-refractivity contribution in [2.45, 2.75) is 12.8 Å². The van der Waals surface area contributed by atoms with Crippen molar-refractivity contribution in [3.8, 4) is 0 Å². The number of ether oxygens (including phenoxy) is 1. The fourth-order valence-corrected chi connectivity index (χ4v) is 1.92. The van der Waals surface area contributed by atoms with Gasteiger partial charge in [-0.25, -0.2) is 0 Å². The van der Waals surface area contributed by atoms with Crippen LogP contribution in [0, 0.1) is 10.1 Å². The number of esters is 1. The summed E-state index contributed by atoms with van der Waals surface area (Å²) in [6.45, 7) is 0.364. The zero-order valence-electron chi connectivity index (χ0n) is 11.7. The average molecular weight is 315 g/mol. The number of hydrogen-bond acceptors (Lipinski definition) is 5. The van der Waals surface area contributed by atoms with Crippen LogP contribution in [0.1, 0.15) is 23.2 Å². The summed E-state index contributed by atoms with van der Waals surface area (Å²) in [6, 6.07) is 3.81. The van der Waals surface area contributed by atoms with Gasteiger partial charge in [-0.15, -0.1) is 0 Å². The largest absolute Gasteiger partial charge is 0.469 e. The van der Waals surface area contributed by atoms with E-state index in [0.717, 1.165) is 0 Å². The number of carbonyl (C=O) groups excluding carboxylic acids is 2. The smallest absolute Gasteiger partial charge is 0.305 e. The number of amides is 1. The minimum atomic E-state index is -0.614. The van der Waals surface area contributed by atoms with Gasteiger partial charge < -0.3 is 9.64 Å². The van der Waals surface area contributed by atoms with Crippen LogP contribution in [0.4, 0.5) is 5.69 Å². The number of hydrogen-bond donors (Lipinski definition) is 0. The third kappa shape index (κ3) is 4.71. The fourth-order valence-electron chi connectivity index (χ4n) is 1.67. The molecule has 0 heterocycles. The molecule has 0 aliphatic carbocycles. The molecule has 0 fully saturated rings. The highest BCUT2D eigenvalue weighted by atomic mass is 35.5. The lowest BCUT2D eigenvalue weighted by atomic mass is 10.1. The van der Waals surface area contributed by atoms with Gasteiger partial charge in [0, 0.05) is 31.6 Å². The molecule has 0 spiro atoms. The minimum Gasteiger partial charge on any atom is -0.469 e. The summed E-state index contributed by atoms with van der Waals surface area (Å²) >= 11 is 5.76. The molecule has 0 saturated carbocycles. The molecular weight excluding hydrogens is 300 g/mol. The highest BCUT2D eigenvalue weighted by Gasteiger charge is 2.17. The number of nitro groups is 1. The molecule has 1 aromatic carbocycles. The van der Waals surface area contributed by atoms with Gasteiger partial charge in [-0.2, -0.15) is 0 Å². The molecule has 114 valence electrons. The van der Waals surface area contributed by atoms with Crippen LogP contribution in [0.2, 0.25) is 5.02 Å². The zero-order chi connectivity index (χ0) is 16.0. The van der Waals surface area contributed by atoms with E-state index in [1.165, 1.54) is 30.2 Å². The molecule has 21 heavy (non-hydrogen) atoms. The molecule has 0 radical (unpaired) electrons. The second-order valence-electron chi connectivity index (χ2n) is 4.33. The minimum absolute atomic E-state index is 0.0891. The van der Waals surface area contributed by atoms with Crippen LogP contribution in [0.5, 0.6) is 0 Å². The molecule has 0 atom stereocenters. The second-order valence-corrected chi connectivity index (χ2v) is 4.74. The molecule has 1 rings (SSSR count). The van der Waals surface area contributed by atoms with Crippen molar-refractivity contribution in [3.05, 3.63) is 38.9 Å². The Hall–Kier alpha value is -2.15. The van der Waals surface area contributed by atoms with Crippen molar-refractivity contribution in [2.24, 2.45) is 0 Å². The summed E-state index contributed by atoms with van der Waals surface area (Å²) in [6.07, 6.45) is 0.685. The van der Waals surface area contributed by atoms with Crippen molar-refractivity contribution < 1.29 is 19.2 Å². The molecule has 0 aromatic heterocycles. The molecule has 0 N–H and O–H groups in total. The van der Waals surface area contributed by atoms with Crippen LogP contribution in [0.15, 0.2) is 18.2 Å². The van der Waals surface area contributed by atoms with E-state index >= 15 is 0 Å². The quantitative estimate of drug-likeness (QED) is 0.456. The van der Waals surface area contributed by atoms with Crippen LogP contribution in [-0.2, 0) is 9.53 Å². The predicted molar refractivity (Wildman–Crippen MR) is 76.3 cm³/mol. The van der Waals surface area contributed by atoms with Gasteiger partial charge in [-0.1, -0.05) is 11.6 Å². The third-order valence-electron chi connectivity index (χ3n) is 2.84. The van der Waals surface area contributed by atoms with E-state index in [2.05, 4.69) is 4.74 Å². The van der Waals surface area contributed by atoms with Crippen LogP contribution < -0.4 is 0 Å². The Morgan fingerprint density at radius 1 is 1.43 bits per heavy atom. The van der Waals surface area contributed by atoms with Gasteiger partial charge in [-0.3, -0.25) is 19.7 Å². The summed E-state index contributed by atoms with van der Waals surface area (Å²) in [7, 11) is 2.88. The van der Waals surface area contributed by atoms with Crippen molar-refractivity contribution >= 4 is 29.2 Å². The Balaban J connectivity index is 2.68. The zero-order valence-corrected chi connectivity index (χ0v) is 12.4. The first-order chi connectivity index (χ1) is 9.86. The van der Waals surface area contributed by atoms with Crippen molar-refractivity contribution in [2.75, 3.05) is 20.7 Å². The lowest BCUT2D eigenvalue weighted by molar-refractivity contribution is -0.384. The van der Waals surface area contributed by atoms with Gasteiger partial charge in [0.15, 0.2) is 0 Å². The molecule has 8 heteroatoms. The Morgan fingerprint density at radius 3 is 2.62 bits per heavy atom. The van der Waals surface area contributed by atoms with E-state index in [0.29, 0.717) is 13.0 Å². The van der Waals surface area contributed by atoms with Crippen LogP contribution >= 0.6 is 11.6 Å². The summed E-state index contributed by atoms with van der Waals surface area (Å²) in [5, 5.41) is 10.6. The lowest BCUT2D eigenvalue weighted by Gasteiger charge is -2.16. The summed E-state index contributed by atoms with van der Waals surface area (Å²) in [5.41, 5.74) is 0.00716. The van der Waals surface area contributed by atoms with Gasteiger partial charge in [0.05, 0.1) is 12.0 Å². The Bertz CT molecular complexity index is 561. The Morgan fingerprint density at radius 2 is 2.10 bits per heavy atom. The van der Waals surface area contributed by atoms with Gasteiger partial charge in [0.25, 0.3) is 11.6 Å². The maximum absolute atomic E-state index is 12.1. The first-order valence-corrected chi connectivity index (χ1v) is 6.50. The molecule has 1 amide bonds. The Kier molecular flexibility index (Phi) is 6.10. The first kappa shape index (κ1) is 16.9. The van der Waals surface area contributed by atoms with E-state index in [1.54, 1.807) is 7.05 Å². The monoisotopic (exact) mass is 314 g/mol. The van der Waals surface area contributed by atoms with Crippen molar-refractivity contribution in [1.29, 1.82) is 0 Å². The van der Waals surface area contributed by atoms with Crippen molar-refractivity contribution in [1.82, 2.24) is 4.90 Å². The number of nitro benzene ring substituents is 1. The molecule has 0 unspecified atom stereocenters. The number of rotatable bonds is 6. The molecular formula is C13H15ClN2O5. The topological polar surface area (TPSA) is 89.8 Å². The number of carbonyl (C=O) groups is 2. The highest BCUT2D eigenvalue weighted by Crippen LogP contribution is 2.25. The van der Waals surface area contributed by atoms with E-state index in [9.17, 15) is 19.7 Å². The molecule has 1 aromatic rings. The number of methoxy groups -OCH3 is 1. The second kappa shape index (κ2) is 7.58. The summed E-state index contributed by atoms with van der Waals surface area (Å²) in [5.74, 6) is -0.661. The maximum atomic E-state index is 12.1. The van der Waals surface area contributed by atoms with Crippen LogP contribution in [-0.4, -0.2) is 42.4 Å².